The van der Waals surface area contributed by atoms with Crippen molar-refractivity contribution in [2.24, 2.45) is 0 Å². The van der Waals surface area contributed by atoms with Crippen LogP contribution in [0.5, 0.6) is 0 Å². The number of nitrogens with one attached hydrogen (secondary N) is 1. The standard InChI is InChI=1S/C13H12N4O/c1-2-11-4-3-5-12(8-11)16-13(18)6-7-17-10-14-9-15-17/h1,3-5,8-10H,6-7H2,(H,16,18). The van der Waals surface area contributed by atoms with Gasteiger partial charge in [-0.1, -0.05) is 12.0 Å². The van der Waals surface area contributed by atoms with E-state index in [0.717, 1.165) is 5.56 Å². The summed E-state index contributed by atoms with van der Waals surface area (Å²) in [5.41, 5.74) is 1.44. The maximum absolute atomic E-state index is 11.7. The molecule has 0 radical (unpaired) electrons. The lowest BCUT2D eigenvalue weighted by Gasteiger charge is -2.05. The van der Waals surface area contributed by atoms with Crippen LogP contribution in [-0.4, -0.2) is 20.7 Å². The summed E-state index contributed by atoms with van der Waals surface area (Å²) in [6.45, 7) is 0.501. The lowest BCUT2D eigenvalue weighted by atomic mass is 10.2. The quantitative estimate of drug-likeness (QED) is 0.819. The zero-order valence-electron chi connectivity index (χ0n) is 9.71. The first-order valence-electron chi connectivity index (χ1n) is 5.47. The lowest BCUT2D eigenvalue weighted by molar-refractivity contribution is -0.116. The number of hydrogen-bond acceptors (Lipinski definition) is 3. The number of amides is 1. The Morgan fingerprint density at radius 2 is 2.39 bits per heavy atom. The highest BCUT2D eigenvalue weighted by Crippen LogP contribution is 2.10. The monoisotopic (exact) mass is 240 g/mol. The van der Waals surface area contributed by atoms with E-state index >= 15 is 0 Å². The molecule has 0 saturated carbocycles. The molecular formula is C13H12N4O. The van der Waals surface area contributed by atoms with E-state index in [1.807, 2.05) is 12.1 Å². The van der Waals surface area contributed by atoms with Gasteiger partial charge < -0.3 is 5.32 Å². The number of aromatic nitrogens is 3. The Kier molecular flexibility index (Phi) is 3.72. The third-order valence-corrected chi connectivity index (χ3v) is 2.35. The Morgan fingerprint density at radius 3 is 3.11 bits per heavy atom. The molecule has 0 aliphatic rings. The van der Waals surface area contributed by atoms with Crippen molar-refractivity contribution in [2.45, 2.75) is 13.0 Å². The smallest absolute Gasteiger partial charge is 0.226 e. The molecule has 0 atom stereocenters. The average molecular weight is 240 g/mol. The number of carbonyl (C=O) groups is 1. The first kappa shape index (κ1) is 11.9. The van der Waals surface area contributed by atoms with E-state index in [4.69, 9.17) is 6.42 Å². The second-order valence-corrected chi connectivity index (χ2v) is 3.68. The van der Waals surface area contributed by atoms with Crippen LogP contribution in [0.4, 0.5) is 5.69 Å². The maximum Gasteiger partial charge on any atom is 0.226 e. The Labute approximate surface area is 105 Å². The van der Waals surface area contributed by atoms with Gasteiger partial charge in [0, 0.05) is 17.7 Å². The predicted molar refractivity (Wildman–Crippen MR) is 67.6 cm³/mol. The number of aryl methyl sites for hydroxylation is 1. The minimum absolute atomic E-state index is 0.0836. The van der Waals surface area contributed by atoms with Crippen molar-refractivity contribution in [2.75, 3.05) is 5.32 Å². The summed E-state index contributed by atoms with van der Waals surface area (Å²) in [6, 6.07) is 7.18. The van der Waals surface area contributed by atoms with Crippen LogP contribution in [0, 0.1) is 12.3 Å². The van der Waals surface area contributed by atoms with Gasteiger partial charge in [-0.2, -0.15) is 5.10 Å². The summed E-state index contributed by atoms with van der Waals surface area (Å²) in [6.07, 6.45) is 8.64. The minimum Gasteiger partial charge on any atom is -0.326 e. The molecule has 0 saturated heterocycles. The number of hydrogen-bond donors (Lipinski definition) is 1. The molecule has 2 aromatic rings. The Bertz CT molecular complexity index is 569. The number of carbonyl (C=O) groups excluding carboxylic acids is 1. The van der Waals surface area contributed by atoms with Crippen LogP contribution >= 0.6 is 0 Å². The van der Waals surface area contributed by atoms with Crippen molar-refractivity contribution in [1.29, 1.82) is 0 Å². The van der Waals surface area contributed by atoms with E-state index in [1.54, 1.807) is 23.1 Å². The summed E-state index contributed by atoms with van der Waals surface area (Å²) < 4.78 is 1.61. The van der Waals surface area contributed by atoms with Crippen molar-refractivity contribution < 1.29 is 4.79 Å². The molecule has 1 heterocycles. The molecule has 90 valence electrons. The molecular weight excluding hydrogens is 228 g/mol. The van der Waals surface area contributed by atoms with Crippen molar-refractivity contribution in [3.63, 3.8) is 0 Å². The van der Waals surface area contributed by atoms with E-state index < -0.39 is 0 Å². The minimum atomic E-state index is -0.0836. The molecule has 0 aliphatic carbocycles. The highest BCUT2D eigenvalue weighted by atomic mass is 16.1. The predicted octanol–water partition coefficient (Wildman–Crippen LogP) is 1.29. The van der Waals surface area contributed by atoms with E-state index in [1.165, 1.54) is 6.33 Å². The molecule has 0 unspecified atom stereocenters. The van der Waals surface area contributed by atoms with Crippen molar-refractivity contribution in [1.82, 2.24) is 14.8 Å². The second kappa shape index (κ2) is 5.64. The molecule has 5 nitrogen and oxygen atoms in total. The van der Waals surface area contributed by atoms with Gasteiger partial charge in [0.15, 0.2) is 0 Å². The molecule has 0 spiro atoms. The number of terminal acetylenes is 1. The summed E-state index contributed by atoms with van der Waals surface area (Å²) in [7, 11) is 0. The van der Waals surface area contributed by atoms with Crippen LogP contribution in [0.3, 0.4) is 0 Å². The average Bonchev–Trinajstić information content (AvgIpc) is 2.90. The zero-order valence-corrected chi connectivity index (χ0v) is 9.71. The normalized spacial score (nSPS) is 9.72. The third kappa shape index (κ3) is 3.19. The molecule has 5 heteroatoms. The van der Waals surface area contributed by atoms with Gasteiger partial charge in [-0.25, -0.2) is 4.98 Å². The number of benzene rings is 1. The fourth-order valence-corrected chi connectivity index (χ4v) is 1.47. The summed E-state index contributed by atoms with van der Waals surface area (Å²) in [4.78, 5) is 15.5. The molecule has 1 aromatic carbocycles. The third-order valence-electron chi connectivity index (χ3n) is 2.35. The number of rotatable bonds is 4. The van der Waals surface area contributed by atoms with Crippen molar-refractivity contribution >= 4 is 11.6 Å². The molecule has 1 aromatic heterocycles. The summed E-state index contributed by atoms with van der Waals surface area (Å²) in [5, 5.41) is 6.70. The van der Waals surface area contributed by atoms with Crippen LogP contribution in [0.15, 0.2) is 36.9 Å². The number of anilines is 1. The summed E-state index contributed by atoms with van der Waals surface area (Å²) in [5.74, 6) is 2.44. The van der Waals surface area contributed by atoms with Crippen LogP contribution < -0.4 is 5.32 Å². The second-order valence-electron chi connectivity index (χ2n) is 3.68. The molecule has 1 N–H and O–H groups in total. The zero-order chi connectivity index (χ0) is 12.8. The molecule has 18 heavy (non-hydrogen) atoms. The Hall–Kier alpha value is -2.61. The van der Waals surface area contributed by atoms with Crippen LogP contribution in [-0.2, 0) is 11.3 Å². The summed E-state index contributed by atoms with van der Waals surface area (Å²) >= 11 is 0. The topological polar surface area (TPSA) is 59.8 Å². The van der Waals surface area contributed by atoms with Gasteiger partial charge in [-0.05, 0) is 18.2 Å². The van der Waals surface area contributed by atoms with E-state index in [-0.39, 0.29) is 5.91 Å². The van der Waals surface area contributed by atoms with Gasteiger partial charge in [-0.3, -0.25) is 9.48 Å². The highest BCUT2D eigenvalue weighted by Gasteiger charge is 2.03. The molecule has 1 amide bonds. The van der Waals surface area contributed by atoms with E-state index in [0.29, 0.717) is 18.7 Å². The van der Waals surface area contributed by atoms with Gasteiger partial charge in [0.2, 0.25) is 5.91 Å². The van der Waals surface area contributed by atoms with Crippen molar-refractivity contribution in [3.05, 3.63) is 42.5 Å². The van der Waals surface area contributed by atoms with Crippen LogP contribution in [0.2, 0.25) is 0 Å². The SMILES string of the molecule is C#Cc1cccc(NC(=O)CCn2cncn2)c1. The lowest BCUT2D eigenvalue weighted by Crippen LogP contribution is -2.14. The highest BCUT2D eigenvalue weighted by molar-refractivity contribution is 5.90. The van der Waals surface area contributed by atoms with Gasteiger partial charge in [0.05, 0.1) is 6.54 Å². The Balaban J connectivity index is 1.89. The van der Waals surface area contributed by atoms with Crippen molar-refractivity contribution in [3.8, 4) is 12.3 Å². The maximum atomic E-state index is 11.7. The van der Waals surface area contributed by atoms with Gasteiger partial charge in [-0.15, -0.1) is 6.42 Å². The van der Waals surface area contributed by atoms with E-state index in [9.17, 15) is 4.79 Å². The fraction of sp³-hybridized carbons (Fsp3) is 0.154. The fourth-order valence-electron chi connectivity index (χ4n) is 1.47. The molecule has 0 fully saturated rings. The van der Waals surface area contributed by atoms with Gasteiger partial charge >= 0.3 is 0 Å². The van der Waals surface area contributed by atoms with Crippen LogP contribution in [0.25, 0.3) is 0 Å². The molecule has 0 bridgehead atoms. The molecule has 2 rings (SSSR count). The molecule has 0 aliphatic heterocycles. The van der Waals surface area contributed by atoms with Gasteiger partial charge in [0.1, 0.15) is 12.7 Å². The van der Waals surface area contributed by atoms with Crippen LogP contribution in [0.1, 0.15) is 12.0 Å². The number of nitrogens with zero attached hydrogens (tertiary/aromatic N) is 3. The first-order valence-corrected chi connectivity index (χ1v) is 5.47. The largest absolute Gasteiger partial charge is 0.326 e. The first-order chi connectivity index (χ1) is 8.78. The Morgan fingerprint density at radius 1 is 1.50 bits per heavy atom. The van der Waals surface area contributed by atoms with Gasteiger partial charge in [0.25, 0.3) is 0 Å². The van der Waals surface area contributed by atoms with E-state index in [2.05, 4.69) is 21.3 Å².